The number of nitrogens with one attached hydrogen (secondary N) is 1. The van der Waals surface area contributed by atoms with Crippen molar-refractivity contribution in [2.24, 2.45) is 0 Å². The summed E-state index contributed by atoms with van der Waals surface area (Å²) in [7, 11) is 0. The van der Waals surface area contributed by atoms with E-state index in [4.69, 9.17) is 5.73 Å². The van der Waals surface area contributed by atoms with Crippen molar-refractivity contribution in [3.05, 3.63) is 35.5 Å². The zero-order valence-electron chi connectivity index (χ0n) is 9.04. The Kier molecular flexibility index (Phi) is 2.46. The summed E-state index contributed by atoms with van der Waals surface area (Å²) in [4.78, 5) is 7.26. The van der Waals surface area contributed by atoms with E-state index in [1.165, 1.54) is 5.56 Å². The molecule has 0 saturated carbocycles. The van der Waals surface area contributed by atoms with Crippen LogP contribution in [0, 0.1) is 6.92 Å². The summed E-state index contributed by atoms with van der Waals surface area (Å²) in [5.41, 5.74) is 10.00. The molecule has 1 aromatic carbocycles. The predicted molar refractivity (Wildman–Crippen MR) is 62.6 cm³/mol. The van der Waals surface area contributed by atoms with Crippen LogP contribution in [0.5, 0.6) is 0 Å². The van der Waals surface area contributed by atoms with Crippen LogP contribution >= 0.6 is 0 Å². The van der Waals surface area contributed by atoms with E-state index in [0.29, 0.717) is 5.95 Å². The third-order valence-corrected chi connectivity index (χ3v) is 2.54. The Morgan fingerprint density at radius 2 is 1.93 bits per heavy atom. The number of anilines is 1. The molecular weight excluding hydrogens is 186 g/mol. The van der Waals surface area contributed by atoms with Crippen LogP contribution < -0.4 is 5.73 Å². The number of hydrogen-bond donors (Lipinski definition) is 2. The fourth-order valence-electron chi connectivity index (χ4n) is 1.66. The van der Waals surface area contributed by atoms with Gasteiger partial charge in [-0.2, -0.15) is 0 Å². The van der Waals surface area contributed by atoms with E-state index in [0.717, 1.165) is 23.4 Å². The van der Waals surface area contributed by atoms with Gasteiger partial charge in [0.2, 0.25) is 0 Å². The average Bonchev–Trinajstić information content (AvgIpc) is 2.58. The lowest BCUT2D eigenvalue weighted by molar-refractivity contribution is 1.14. The van der Waals surface area contributed by atoms with Gasteiger partial charge in [0.05, 0.1) is 5.69 Å². The van der Waals surface area contributed by atoms with Gasteiger partial charge < -0.3 is 10.7 Å². The van der Waals surface area contributed by atoms with Gasteiger partial charge >= 0.3 is 0 Å². The largest absolute Gasteiger partial charge is 0.369 e. The topological polar surface area (TPSA) is 54.7 Å². The number of nitrogen functional groups attached to an aromatic ring is 1. The summed E-state index contributed by atoms with van der Waals surface area (Å²) in [5, 5.41) is 0. The highest BCUT2D eigenvalue weighted by atomic mass is 15.0. The molecule has 0 radical (unpaired) electrons. The summed E-state index contributed by atoms with van der Waals surface area (Å²) < 4.78 is 0. The number of rotatable bonds is 2. The standard InChI is InChI=1S/C12H15N3/c1-3-9-4-6-10(7-5-9)11-8(2)14-12(13)15-11/h4-7H,3H2,1-2H3,(H3,13,14,15). The highest BCUT2D eigenvalue weighted by Gasteiger charge is 2.06. The number of aromatic amines is 1. The Balaban J connectivity index is 2.41. The van der Waals surface area contributed by atoms with E-state index >= 15 is 0 Å². The maximum atomic E-state index is 5.61. The van der Waals surface area contributed by atoms with Gasteiger partial charge in [0.15, 0.2) is 5.95 Å². The molecule has 0 spiro atoms. The quantitative estimate of drug-likeness (QED) is 0.784. The van der Waals surface area contributed by atoms with Crippen molar-refractivity contribution in [1.29, 1.82) is 0 Å². The Morgan fingerprint density at radius 1 is 1.27 bits per heavy atom. The van der Waals surface area contributed by atoms with Crippen LogP contribution in [0.2, 0.25) is 0 Å². The smallest absolute Gasteiger partial charge is 0.198 e. The molecule has 0 saturated heterocycles. The fourth-order valence-corrected chi connectivity index (χ4v) is 1.66. The van der Waals surface area contributed by atoms with Crippen LogP contribution in [-0.2, 0) is 6.42 Å². The maximum absolute atomic E-state index is 5.61. The van der Waals surface area contributed by atoms with Crippen LogP contribution in [0.4, 0.5) is 5.95 Å². The van der Waals surface area contributed by atoms with Crippen LogP contribution in [0.1, 0.15) is 18.2 Å². The second-order valence-corrected chi connectivity index (χ2v) is 3.65. The van der Waals surface area contributed by atoms with E-state index in [-0.39, 0.29) is 0 Å². The predicted octanol–water partition coefficient (Wildman–Crippen LogP) is 2.53. The number of hydrogen-bond acceptors (Lipinski definition) is 2. The second kappa shape index (κ2) is 3.77. The van der Waals surface area contributed by atoms with Crippen LogP contribution in [0.25, 0.3) is 11.3 Å². The highest BCUT2D eigenvalue weighted by Crippen LogP contribution is 2.22. The summed E-state index contributed by atoms with van der Waals surface area (Å²) in [6, 6.07) is 8.42. The molecule has 0 aliphatic carbocycles. The summed E-state index contributed by atoms with van der Waals surface area (Å²) in [6.07, 6.45) is 1.06. The Hall–Kier alpha value is -1.77. The molecule has 2 aromatic rings. The molecule has 78 valence electrons. The summed E-state index contributed by atoms with van der Waals surface area (Å²) in [6.45, 7) is 4.12. The van der Waals surface area contributed by atoms with Crippen LogP contribution in [0.3, 0.4) is 0 Å². The number of H-pyrrole nitrogens is 1. The molecule has 3 nitrogen and oxygen atoms in total. The zero-order chi connectivity index (χ0) is 10.8. The second-order valence-electron chi connectivity index (χ2n) is 3.65. The van der Waals surface area contributed by atoms with E-state index < -0.39 is 0 Å². The van der Waals surface area contributed by atoms with Gasteiger partial charge in [0.1, 0.15) is 0 Å². The van der Waals surface area contributed by atoms with Crippen LogP contribution in [-0.4, -0.2) is 9.97 Å². The zero-order valence-corrected chi connectivity index (χ0v) is 9.04. The molecule has 3 N–H and O–H groups in total. The van der Waals surface area contributed by atoms with E-state index in [1.807, 2.05) is 6.92 Å². The first kappa shape index (κ1) is 9.77. The first-order valence-corrected chi connectivity index (χ1v) is 5.12. The molecule has 0 amide bonds. The highest BCUT2D eigenvalue weighted by molar-refractivity contribution is 5.63. The molecule has 0 aliphatic heterocycles. The fraction of sp³-hybridized carbons (Fsp3) is 0.250. The number of nitrogens with two attached hydrogens (primary N) is 1. The van der Waals surface area contributed by atoms with Crippen molar-refractivity contribution in [3.8, 4) is 11.3 Å². The molecule has 0 unspecified atom stereocenters. The summed E-state index contributed by atoms with van der Waals surface area (Å²) in [5.74, 6) is 0.474. The van der Waals surface area contributed by atoms with Gasteiger partial charge in [-0.15, -0.1) is 0 Å². The minimum absolute atomic E-state index is 0.474. The van der Waals surface area contributed by atoms with Crippen molar-refractivity contribution in [1.82, 2.24) is 9.97 Å². The van der Waals surface area contributed by atoms with Gasteiger partial charge in [-0.25, -0.2) is 4.98 Å². The van der Waals surface area contributed by atoms with Crippen molar-refractivity contribution in [3.63, 3.8) is 0 Å². The van der Waals surface area contributed by atoms with Crippen molar-refractivity contribution < 1.29 is 0 Å². The molecule has 1 heterocycles. The van der Waals surface area contributed by atoms with Gasteiger partial charge in [0, 0.05) is 11.3 Å². The normalized spacial score (nSPS) is 10.5. The molecule has 0 atom stereocenters. The number of benzene rings is 1. The molecule has 15 heavy (non-hydrogen) atoms. The SMILES string of the molecule is CCc1ccc(-c2nc(N)[nH]c2C)cc1. The van der Waals surface area contributed by atoms with Gasteiger partial charge in [-0.05, 0) is 18.9 Å². The Morgan fingerprint density at radius 3 is 2.40 bits per heavy atom. The van der Waals surface area contributed by atoms with Crippen molar-refractivity contribution in [2.45, 2.75) is 20.3 Å². The van der Waals surface area contributed by atoms with Crippen LogP contribution in [0.15, 0.2) is 24.3 Å². The lowest BCUT2D eigenvalue weighted by Crippen LogP contribution is -1.86. The Labute approximate surface area is 89.4 Å². The maximum Gasteiger partial charge on any atom is 0.198 e. The molecule has 1 aromatic heterocycles. The number of aromatic nitrogens is 2. The van der Waals surface area contributed by atoms with E-state index in [9.17, 15) is 0 Å². The first-order chi connectivity index (χ1) is 7.20. The molecule has 2 rings (SSSR count). The molecule has 0 fully saturated rings. The van der Waals surface area contributed by atoms with E-state index in [2.05, 4.69) is 41.2 Å². The van der Waals surface area contributed by atoms with Gasteiger partial charge in [-0.1, -0.05) is 31.2 Å². The number of aryl methyl sites for hydroxylation is 2. The van der Waals surface area contributed by atoms with Gasteiger partial charge in [-0.3, -0.25) is 0 Å². The van der Waals surface area contributed by atoms with Crippen molar-refractivity contribution in [2.75, 3.05) is 5.73 Å². The number of nitrogens with zero attached hydrogens (tertiary/aromatic N) is 1. The first-order valence-electron chi connectivity index (χ1n) is 5.12. The van der Waals surface area contributed by atoms with Crippen molar-refractivity contribution >= 4 is 5.95 Å². The van der Waals surface area contributed by atoms with E-state index in [1.54, 1.807) is 0 Å². The third-order valence-electron chi connectivity index (χ3n) is 2.54. The molecular formula is C12H15N3. The van der Waals surface area contributed by atoms with Gasteiger partial charge in [0.25, 0.3) is 0 Å². The molecule has 0 bridgehead atoms. The minimum Gasteiger partial charge on any atom is -0.369 e. The lowest BCUT2D eigenvalue weighted by atomic mass is 10.1. The minimum atomic E-state index is 0.474. The average molecular weight is 201 g/mol. The third kappa shape index (κ3) is 1.86. The lowest BCUT2D eigenvalue weighted by Gasteiger charge is -2.00. The molecule has 0 aliphatic rings. The summed E-state index contributed by atoms with van der Waals surface area (Å²) >= 11 is 0. The number of imidazole rings is 1. The molecule has 3 heteroatoms. The monoisotopic (exact) mass is 201 g/mol. The Bertz CT molecular complexity index is 454.